The minimum absolute atomic E-state index is 0.0492. The van der Waals surface area contributed by atoms with E-state index < -0.39 is 5.97 Å². The minimum Gasteiger partial charge on any atom is -0.452 e. The van der Waals surface area contributed by atoms with Gasteiger partial charge in [-0.15, -0.1) is 15.3 Å². The molecule has 0 saturated heterocycles. The van der Waals surface area contributed by atoms with Gasteiger partial charge >= 0.3 is 5.97 Å². The molecular weight excluding hydrogens is 334 g/mol. The van der Waals surface area contributed by atoms with Gasteiger partial charge in [0.05, 0.1) is 17.6 Å². The minimum atomic E-state index is -0.446. The maximum Gasteiger partial charge on any atom is 0.338 e. The summed E-state index contributed by atoms with van der Waals surface area (Å²) in [7, 11) is 0. The summed E-state index contributed by atoms with van der Waals surface area (Å²) < 4.78 is 12.2. The predicted molar refractivity (Wildman–Crippen MR) is 91.2 cm³/mol. The van der Waals surface area contributed by atoms with E-state index in [0.29, 0.717) is 18.0 Å². The third-order valence-corrected chi connectivity index (χ3v) is 3.84. The molecule has 0 fully saturated rings. The summed E-state index contributed by atoms with van der Waals surface area (Å²) in [6, 6.07) is 14.9. The highest BCUT2D eigenvalue weighted by Crippen LogP contribution is 2.13. The van der Waals surface area contributed by atoms with Crippen LogP contribution in [-0.4, -0.2) is 31.2 Å². The van der Waals surface area contributed by atoms with Crippen molar-refractivity contribution in [2.24, 2.45) is 0 Å². The van der Waals surface area contributed by atoms with Crippen molar-refractivity contribution in [3.05, 3.63) is 71.4 Å². The van der Waals surface area contributed by atoms with Gasteiger partial charge in [0, 0.05) is 6.92 Å². The van der Waals surface area contributed by atoms with Crippen molar-refractivity contribution in [2.75, 3.05) is 0 Å². The molecule has 0 amide bonds. The molecule has 0 radical (unpaired) electrons. The van der Waals surface area contributed by atoms with Crippen molar-refractivity contribution in [3.8, 4) is 0 Å². The van der Waals surface area contributed by atoms with Crippen LogP contribution in [0.15, 0.2) is 52.9 Å². The summed E-state index contributed by atoms with van der Waals surface area (Å²) in [4.78, 5) is 12.1. The zero-order valence-corrected chi connectivity index (χ0v) is 14.0. The fourth-order valence-electron chi connectivity index (χ4n) is 2.56. The summed E-state index contributed by atoms with van der Waals surface area (Å²) in [6.07, 6.45) is 0. The van der Waals surface area contributed by atoms with Gasteiger partial charge in [0.2, 0.25) is 5.89 Å². The lowest BCUT2D eigenvalue weighted by Crippen LogP contribution is -2.06. The molecule has 2 aromatic carbocycles. The van der Waals surface area contributed by atoms with Crippen LogP contribution < -0.4 is 0 Å². The van der Waals surface area contributed by atoms with Gasteiger partial charge < -0.3 is 9.15 Å². The van der Waals surface area contributed by atoms with Crippen molar-refractivity contribution >= 4 is 17.0 Å². The monoisotopic (exact) mass is 349 g/mol. The van der Waals surface area contributed by atoms with E-state index in [9.17, 15) is 4.79 Å². The van der Waals surface area contributed by atoms with Crippen LogP contribution in [0.5, 0.6) is 0 Å². The van der Waals surface area contributed by atoms with Crippen molar-refractivity contribution in [1.82, 2.24) is 25.2 Å². The van der Waals surface area contributed by atoms with E-state index in [-0.39, 0.29) is 12.5 Å². The Morgan fingerprint density at radius 2 is 1.88 bits per heavy atom. The number of hydrogen-bond donors (Lipinski definition) is 0. The molecule has 0 spiro atoms. The summed E-state index contributed by atoms with van der Waals surface area (Å²) in [6.45, 7) is 2.19. The highest BCUT2D eigenvalue weighted by Gasteiger charge is 2.11. The normalized spacial score (nSPS) is 11.0. The standard InChI is InChI=1S/C18H15N5O3/c1-12-19-21-17(26-12)11-25-18(24)14-8-6-13(7-9-14)10-23-16-5-3-2-4-15(16)20-22-23/h2-9H,10-11H2,1H3. The Kier molecular flexibility index (Phi) is 4.14. The number of carbonyl (C=O) groups is 1. The molecular formula is C18H15N5O3. The zero-order chi connectivity index (χ0) is 17.9. The van der Waals surface area contributed by atoms with Crippen LogP contribution in [0, 0.1) is 6.92 Å². The first-order valence-corrected chi connectivity index (χ1v) is 8.02. The number of para-hydroxylation sites is 1. The Hall–Kier alpha value is -3.55. The van der Waals surface area contributed by atoms with Gasteiger partial charge in [-0.1, -0.05) is 29.5 Å². The highest BCUT2D eigenvalue weighted by molar-refractivity contribution is 5.89. The highest BCUT2D eigenvalue weighted by atomic mass is 16.5. The first-order valence-electron chi connectivity index (χ1n) is 8.02. The van der Waals surface area contributed by atoms with Crippen molar-refractivity contribution in [1.29, 1.82) is 0 Å². The molecule has 0 bridgehead atoms. The summed E-state index contributed by atoms with van der Waals surface area (Å²) in [5.74, 6) is 0.255. The molecule has 2 aromatic heterocycles. The molecule has 0 aliphatic heterocycles. The molecule has 4 aromatic rings. The summed E-state index contributed by atoms with van der Waals surface area (Å²) in [5, 5.41) is 15.8. The molecule has 4 rings (SSSR count). The van der Waals surface area contributed by atoms with E-state index in [1.165, 1.54) is 0 Å². The molecule has 0 N–H and O–H groups in total. The van der Waals surface area contributed by atoms with Crippen LogP contribution in [0.3, 0.4) is 0 Å². The number of aryl methyl sites for hydroxylation is 1. The number of carbonyl (C=O) groups excluding carboxylic acids is 1. The van der Waals surface area contributed by atoms with Gasteiger partial charge in [0.15, 0.2) is 6.61 Å². The lowest BCUT2D eigenvalue weighted by atomic mass is 10.1. The van der Waals surface area contributed by atoms with Crippen LogP contribution >= 0.6 is 0 Å². The SMILES string of the molecule is Cc1nnc(COC(=O)c2ccc(Cn3nnc4ccccc43)cc2)o1. The number of fused-ring (bicyclic) bond motifs is 1. The molecule has 26 heavy (non-hydrogen) atoms. The number of esters is 1. The summed E-state index contributed by atoms with van der Waals surface area (Å²) in [5.41, 5.74) is 3.27. The second-order valence-corrected chi connectivity index (χ2v) is 5.72. The Morgan fingerprint density at radius 3 is 2.65 bits per heavy atom. The van der Waals surface area contributed by atoms with E-state index >= 15 is 0 Å². The third-order valence-electron chi connectivity index (χ3n) is 3.84. The average molecular weight is 349 g/mol. The van der Waals surface area contributed by atoms with Crippen LogP contribution in [0.25, 0.3) is 11.0 Å². The molecule has 2 heterocycles. The van der Waals surface area contributed by atoms with E-state index in [2.05, 4.69) is 20.5 Å². The second kappa shape index (κ2) is 6.75. The molecule has 0 atom stereocenters. The largest absolute Gasteiger partial charge is 0.452 e. The number of aromatic nitrogens is 5. The first-order chi connectivity index (χ1) is 12.7. The quantitative estimate of drug-likeness (QED) is 0.511. The smallest absolute Gasteiger partial charge is 0.338 e. The molecule has 0 unspecified atom stereocenters. The van der Waals surface area contributed by atoms with Crippen LogP contribution in [0.2, 0.25) is 0 Å². The molecule has 0 saturated carbocycles. The van der Waals surface area contributed by atoms with Crippen molar-refractivity contribution < 1.29 is 13.9 Å². The van der Waals surface area contributed by atoms with E-state index in [0.717, 1.165) is 16.6 Å². The number of ether oxygens (including phenoxy) is 1. The third kappa shape index (κ3) is 3.30. The maximum atomic E-state index is 12.1. The number of rotatable bonds is 5. The lowest BCUT2D eigenvalue weighted by Gasteiger charge is -2.05. The lowest BCUT2D eigenvalue weighted by molar-refractivity contribution is 0.0437. The molecule has 8 nitrogen and oxygen atoms in total. The Morgan fingerprint density at radius 1 is 1.08 bits per heavy atom. The second-order valence-electron chi connectivity index (χ2n) is 5.72. The molecule has 130 valence electrons. The Bertz CT molecular complexity index is 1050. The Labute approximate surface area is 148 Å². The van der Waals surface area contributed by atoms with Crippen LogP contribution in [0.1, 0.15) is 27.7 Å². The van der Waals surface area contributed by atoms with E-state index in [1.54, 1.807) is 19.1 Å². The van der Waals surface area contributed by atoms with Gasteiger partial charge in [-0.3, -0.25) is 0 Å². The van der Waals surface area contributed by atoms with E-state index in [1.807, 2.05) is 41.1 Å². The predicted octanol–water partition coefficient (Wildman–Crippen LogP) is 2.53. The van der Waals surface area contributed by atoms with Gasteiger partial charge in [-0.25, -0.2) is 9.48 Å². The topological polar surface area (TPSA) is 95.9 Å². The summed E-state index contributed by atoms with van der Waals surface area (Å²) >= 11 is 0. The fraction of sp³-hybridized carbons (Fsp3) is 0.167. The number of hydrogen-bond acceptors (Lipinski definition) is 7. The van der Waals surface area contributed by atoms with Crippen LogP contribution in [0.4, 0.5) is 0 Å². The molecule has 0 aliphatic carbocycles. The van der Waals surface area contributed by atoms with E-state index in [4.69, 9.17) is 9.15 Å². The zero-order valence-electron chi connectivity index (χ0n) is 14.0. The number of benzene rings is 2. The van der Waals surface area contributed by atoms with Crippen molar-refractivity contribution in [3.63, 3.8) is 0 Å². The van der Waals surface area contributed by atoms with Gasteiger partial charge in [-0.05, 0) is 29.8 Å². The van der Waals surface area contributed by atoms with Gasteiger partial charge in [0.25, 0.3) is 5.89 Å². The molecule has 0 aliphatic rings. The van der Waals surface area contributed by atoms with Crippen LogP contribution in [-0.2, 0) is 17.9 Å². The maximum absolute atomic E-state index is 12.1. The van der Waals surface area contributed by atoms with Gasteiger partial charge in [0.1, 0.15) is 5.52 Å². The Balaban J connectivity index is 1.42. The average Bonchev–Trinajstić information content (AvgIpc) is 3.27. The van der Waals surface area contributed by atoms with Crippen molar-refractivity contribution in [2.45, 2.75) is 20.1 Å². The first kappa shape index (κ1) is 15.9. The molecule has 8 heteroatoms. The fourth-order valence-corrected chi connectivity index (χ4v) is 2.56. The van der Waals surface area contributed by atoms with Gasteiger partial charge in [-0.2, -0.15) is 0 Å². The number of nitrogens with zero attached hydrogens (tertiary/aromatic N) is 5.